The smallest absolute Gasteiger partial charge is 0.264 e. The maximum Gasteiger partial charge on any atom is 0.264 e. The molecule has 0 radical (unpaired) electrons. The van der Waals surface area contributed by atoms with Crippen LogP contribution in [0, 0.1) is 18.6 Å². The van der Waals surface area contributed by atoms with Crippen molar-refractivity contribution in [2.75, 3.05) is 12.4 Å². The molecule has 6 nitrogen and oxygen atoms in total. The van der Waals surface area contributed by atoms with E-state index < -0.39 is 35.4 Å². The van der Waals surface area contributed by atoms with Crippen LogP contribution < -0.4 is 11.1 Å². The number of amides is 3. The van der Waals surface area contributed by atoms with E-state index in [-0.39, 0.29) is 16.0 Å². The fraction of sp³-hybridized carbons (Fsp3) is 0.136. The van der Waals surface area contributed by atoms with E-state index in [1.165, 1.54) is 43.4 Å². The zero-order chi connectivity index (χ0) is 22.7. The van der Waals surface area contributed by atoms with Gasteiger partial charge in [-0.2, -0.15) is 0 Å². The molecule has 2 aromatic carbocycles. The largest absolute Gasteiger partial charge is 0.368 e. The predicted octanol–water partition coefficient (Wildman–Crippen LogP) is 3.89. The van der Waals surface area contributed by atoms with Crippen LogP contribution in [0.1, 0.15) is 37.2 Å². The van der Waals surface area contributed by atoms with Crippen molar-refractivity contribution in [2.45, 2.75) is 13.0 Å². The van der Waals surface area contributed by atoms with Crippen molar-refractivity contribution in [3.05, 3.63) is 87.8 Å². The molecule has 3 N–H and O–H groups in total. The van der Waals surface area contributed by atoms with Gasteiger partial charge in [0.15, 0.2) is 0 Å². The lowest BCUT2D eigenvalue weighted by Gasteiger charge is -2.26. The van der Waals surface area contributed by atoms with Gasteiger partial charge in [-0.3, -0.25) is 14.4 Å². The van der Waals surface area contributed by atoms with Gasteiger partial charge in [0, 0.05) is 12.6 Å². The highest BCUT2D eigenvalue weighted by atomic mass is 32.1. The SMILES string of the molecule is Cc1cc(NC(=O)c2cccc(F)c2)sc1C(=O)N(C)C(C(N)=O)c1cccc(F)c1. The zero-order valence-corrected chi connectivity index (χ0v) is 17.5. The van der Waals surface area contributed by atoms with Crippen LogP contribution in [-0.2, 0) is 4.79 Å². The van der Waals surface area contributed by atoms with Gasteiger partial charge < -0.3 is 16.0 Å². The van der Waals surface area contributed by atoms with Crippen molar-refractivity contribution < 1.29 is 23.2 Å². The molecule has 9 heteroatoms. The number of halogens is 2. The number of aryl methyl sites for hydroxylation is 1. The number of hydrogen-bond acceptors (Lipinski definition) is 4. The Bertz CT molecular complexity index is 1160. The summed E-state index contributed by atoms with van der Waals surface area (Å²) in [5.41, 5.74) is 6.43. The predicted molar refractivity (Wildman–Crippen MR) is 114 cm³/mol. The number of nitrogens with one attached hydrogen (secondary N) is 1. The summed E-state index contributed by atoms with van der Waals surface area (Å²) < 4.78 is 27.0. The molecule has 0 fully saturated rings. The summed E-state index contributed by atoms with van der Waals surface area (Å²) >= 11 is 1.01. The van der Waals surface area contributed by atoms with Gasteiger partial charge in [0.2, 0.25) is 5.91 Å². The fourth-order valence-electron chi connectivity index (χ4n) is 3.10. The third-order valence-electron chi connectivity index (χ3n) is 4.58. The van der Waals surface area contributed by atoms with Gasteiger partial charge in [-0.1, -0.05) is 18.2 Å². The Morgan fingerprint density at radius 3 is 2.29 bits per heavy atom. The molecule has 1 atom stereocenters. The quantitative estimate of drug-likeness (QED) is 0.606. The van der Waals surface area contributed by atoms with Crippen molar-refractivity contribution in [3.8, 4) is 0 Å². The summed E-state index contributed by atoms with van der Waals surface area (Å²) in [6, 6.07) is 11.0. The molecule has 0 aliphatic rings. The third-order valence-corrected chi connectivity index (χ3v) is 5.72. The average Bonchev–Trinajstić information content (AvgIpc) is 3.07. The van der Waals surface area contributed by atoms with E-state index >= 15 is 0 Å². The van der Waals surface area contributed by atoms with Crippen LogP contribution >= 0.6 is 11.3 Å². The molecule has 160 valence electrons. The minimum Gasteiger partial charge on any atom is -0.368 e. The summed E-state index contributed by atoms with van der Waals surface area (Å²) in [4.78, 5) is 38.8. The van der Waals surface area contributed by atoms with Crippen LogP contribution in [0.4, 0.5) is 13.8 Å². The summed E-state index contributed by atoms with van der Waals surface area (Å²) in [6.07, 6.45) is 0. The standard InChI is InChI=1S/C22H19F2N3O3S/c1-12-9-17(26-21(29)14-6-4-8-16(24)11-14)31-19(12)22(30)27(2)18(20(25)28)13-5-3-7-15(23)10-13/h3-11,18H,1-2H3,(H2,25,28)(H,26,29). The first-order valence-corrected chi connectivity index (χ1v) is 9.98. The Hall–Kier alpha value is -3.59. The zero-order valence-electron chi connectivity index (χ0n) is 16.7. The summed E-state index contributed by atoms with van der Waals surface area (Å²) in [6.45, 7) is 1.68. The van der Waals surface area contributed by atoms with Crippen molar-refractivity contribution in [3.63, 3.8) is 0 Å². The van der Waals surface area contributed by atoms with Gasteiger partial charge in [0.1, 0.15) is 17.7 Å². The lowest BCUT2D eigenvalue weighted by atomic mass is 10.0. The molecule has 0 saturated heterocycles. The monoisotopic (exact) mass is 443 g/mol. The molecular formula is C22H19F2N3O3S. The number of likely N-dealkylation sites (N-methyl/N-ethyl adjacent to an activating group) is 1. The molecule has 0 spiro atoms. The van der Waals surface area contributed by atoms with E-state index in [4.69, 9.17) is 5.73 Å². The van der Waals surface area contributed by atoms with Crippen molar-refractivity contribution in [2.24, 2.45) is 5.73 Å². The van der Waals surface area contributed by atoms with Crippen molar-refractivity contribution in [1.82, 2.24) is 4.90 Å². The first kappa shape index (κ1) is 22.1. The van der Waals surface area contributed by atoms with Gasteiger partial charge in [0.05, 0.1) is 9.88 Å². The topological polar surface area (TPSA) is 92.5 Å². The second kappa shape index (κ2) is 9.05. The van der Waals surface area contributed by atoms with Gasteiger partial charge in [0.25, 0.3) is 11.8 Å². The normalized spacial score (nSPS) is 11.6. The second-order valence-electron chi connectivity index (χ2n) is 6.86. The summed E-state index contributed by atoms with van der Waals surface area (Å²) in [5, 5.41) is 3.01. The first-order chi connectivity index (χ1) is 14.7. The highest BCUT2D eigenvalue weighted by Gasteiger charge is 2.29. The number of thiophene rings is 1. The van der Waals surface area contributed by atoms with Gasteiger partial charge in [-0.05, 0) is 54.4 Å². The Morgan fingerprint density at radius 1 is 1.03 bits per heavy atom. The van der Waals surface area contributed by atoms with Gasteiger partial charge >= 0.3 is 0 Å². The van der Waals surface area contributed by atoms with Crippen LogP contribution in [-0.4, -0.2) is 29.7 Å². The van der Waals surface area contributed by atoms with Crippen molar-refractivity contribution >= 4 is 34.1 Å². The minimum absolute atomic E-state index is 0.135. The highest BCUT2D eigenvalue weighted by Crippen LogP contribution is 2.30. The van der Waals surface area contributed by atoms with E-state index in [1.54, 1.807) is 13.0 Å². The highest BCUT2D eigenvalue weighted by molar-refractivity contribution is 7.18. The summed E-state index contributed by atoms with van der Waals surface area (Å²) in [5.74, 6) is -2.94. The molecule has 0 aliphatic heterocycles. The molecule has 3 aromatic rings. The number of carbonyl (C=O) groups is 3. The number of nitrogens with two attached hydrogens (primary N) is 1. The molecule has 3 rings (SSSR count). The van der Waals surface area contributed by atoms with Crippen molar-refractivity contribution in [1.29, 1.82) is 0 Å². The molecule has 0 bridgehead atoms. The molecule has 31 heavy (non-hydrogen) atoms. The molecule has 3 amide bonds. The molecule has 1 unspecified atom stereocenters. The number of primary amides is 1. The summed E-state index contributed by atoms with van der Waals surface area (Å²) in [7, 11) is 1.40. The van der Waals surface area contributed by atoms with E-state index in [1.807, 2.05) is 0 Å². The van der Waals surface area contributed by atoms with E-state index in [0.717, 1.165) is 28.4 Å². The number of nitrogens with zero attached hydrogens (tertiary/aromatic N) is 1. The van der Waals surface area contributed by atoms with Crippen LogP contribution in [0.2, 0.25) is 0 Å². The lowest BCUT2D eigenvalue weighted by Crippen LogP contribution is -2.39. The average molecular weight is 443 g/mol. The Balaban J connectivity index is 1.83. The Kier molecular flexibility index (Phi) is 6.45. The number of anilines is 1. The molecule has 0 saturated carbocycles. The number of hydrogen-bond donors (Lipinski definition) is 2. The second-order valence-corrected chi connectivity index (χ2v) is 7.92. The van der Waals surface area contributed by atoms with Crippen LogP contribution in [0.25, 0.3) is 0 Å². The Labute approximate surface area is 181 Å². The van der Waals surface area contributed by atoms with E-state index in [0.29, 0.717) is 10.6 Å². The molecule has 1 aromatic heterocycles. The minimum atomic E-state index is -1.17. The molecule has 0 aliphatic carbocycles. The first-order valence-electron chi connectivity index (χ1n) is 9.16. The van der Waals surface area contributed by atoms with Gasteiger partial charge in [-0.15, -0.1) is 11.3 Å². The Morgan fingerprint density at radius 2 is 1.68 bits per heavy atom. The van der Waals surface area contributed by atoms with E-state index in [9.17, 15) is 23.2 Å². The number of benzene rings is 2. The van der Waals surface area contributed by atoms with Crippen LogP contribution in [0.3, 0.4) is 0 Å². The lowest BCUT2D eigenvalue weighted by molar-refractivity contribution is -0.122. The maximum absolute atomic E-state index is 13.6. The number of rotatable bonds is 6. The number of carbonyl (C=O) groups excluding carboxylic acids is 3. The molecule has 1 heterocycles. The van der Waals surface area contributed by atoms with Crippen LogP contribution in [0.15, 0.2) is 54.6 Å². The molecular weight excluding hydrogens is 424 g/mol. The fourth-order valence-corrected chi connectivity index (χ4v) is 4.15. The van der Waals surface area contributed by atoms with Gasteiger partial charge in [-0.25, -0.2) is 8.78 Å². The maximum atomic E-state index is 13.6. The van der Waals surface area contributed by atoms with E-state index in [2.05, 4.69) is 5.32 Å². The third kappa shape index (κ3) is 4.95. The van der Waals surface area contributed by atoms with Crippen LogP contribution in [0.5, 0.6) is 0 Å².